The third-order valence-corrected chi connectivity index (χ3v) is 5.14. The normalized spacial score (nSPS) is 12.2. The summed E-state index contributed by atoms with van der Waals surface area (Å²) < 4.78 is 10.6. The lowest BCUT2D eigenvalue weighted by Crippen LogP contribution is -2.24. The maximum absolute atomic E-state index is 12.0. The van der Waals surface area contributed by atoms with Gasteiger partial charge in [0.2, 0.25) is 12.7 Å². The predicted octanol–water partition coefficient (Wildman–Crippen LogP) is 4.27. The van der Waals surface area contributed by atoms with E-state index in [-0.39, 0.29) is 12.7 Å². The molecule has 0 radical (unpaired) electrons. The summed E-state index contributed by atoms with van der Waals surface area (Å²) in [5.74, 6) is 2.34. The Kier molecular flexibility index (Phi) is 5.76. The standard InChI is InChI=1S/C17H15Cl2NO3S/c18-13-2-1-3-14(19)12(13)8-24-9-17(21)20-7-11-4-5-15-16(6-11)23-10-22-15/h1-6H,7-10H2,(H,20,21). The summed E-state index contributed by atoms with van der Waals surface area (Å²) in [5, 5.41) is 4.13. The molecule has 7 heteroatoms. The minimum absolute atomic E-state index is 0.0409. The van der Waals surface area contributed by atoms with Crippen LogP contribution in [0.2, 0.25) is 10.0 Å². The van der Waals surface area contributed by atoms with E-state index in [4.69, 9.17) is 32.7 Å². The molecule has 0 saturated carbocycles. The molecular formula is C17H15Cl2NO3S. The summed E-state index contributed by atoms with van der Waals surface area (Å²) in [4.78, 5) is 12.0. The number of hydrogen-bond acceptors (Lipinski definition) is 4. The summed E-state index contributed by atoms with van der Waals surface area (Å²) in [5.41, 5.74) is 1.82. The molecule has 0 aliphatic carbocycles. The lowest BCUT2D eigenvalue weighted by Gasteiger charge is -2.08. The van der Waals surface area contributed by atoms with Gasteiger partial charge in [-0.2, -0.15) is 0 Å². The van der Waals surface area contributed by atoms with E-state index in [1.807, 2.05) is 18.2 Å². The average Bonchev–Trinajstić information content (AvgIpc) is 3.03. The number of benzene rings is 2. The number of fused-ring (bicyclic) bond motifs is 1. The summed E-state index contributed by atoms with van der Waals surface area (Å²) in [7, 11) is 0. The zero-order valence-electron chi connectivity index (χ0n) is 12.7. The van der Waals surface area contributed by atoms with Gasteiger partial charge in [0.15, 0.2) is 11.5 Å². The van der Waals surface area contributed by atoms with Gasteiger partial charge in [-0.15, -0.1) is 11.8 Å². The SMILES string of the molecule is O=C(CSCc1c(Cl)cccc1Cl)NCc1ccc2c(c1)OCO2. The summed E-state index contributed by atoms with van der Waals surface area (Å²) >= 11 is 13.7. The molecule has 1 heterocycles. The Morgan fingerprint density at radius 3 is 2.67 bits per heavy atom. The van der Waals surface area contributed by atoms with Gasteiger partial charge >= 0.3 is 0 Å². The van der Waals surface area contributed by atoms with E-state index >= 15 is 0 Å². The van der Waals surface area contributed by atoms with Crippen LogP contribution in [-0.2, 0) is 17.1 Å². The Hall–Kier alpha value is -1.56. The van der Waals surface area contributed by atoms with E-state index in [0.29, 0.717) is 33.8 Å². The van der Waals surface area contributed by atoms with Crippen molar-refractivity contribution in [3.8, 4) is 11.5 Å². The third-order valence-electron chi connectivity index (χ3n) is 3.47. The Morgan fingerprint density at radius 1 is 1.12 bits per heavy atom. The van der Waals surface area contributed by atoms with Crippen molar-refractivity contribution < 1.29 is 14.3 Å². The quantitative estimate of drug-likeness (QED) is 0.808. The largest absolute Gasteiger partial charge is 0.454 e. The van der Waals surface area contributed by atoms with E-state index in [2.05, 4.69) is 5.32 Å². The van der Waals surface area contributed by atoms with Crippen LogP contribution in [0.15, 0.2) is 36.4 Å². The molecule has 0 aromatic heterocycles. The predicted molar refractivity (Wildman–Crippen MR) is 97.0 cm³/mol. The highest BCUT2D eigenvalue weighted by Crippen LogP contribution is 2.32. The second-order valence-corrected chi connectivity index (χ2v) is 6.96. The molecule has 0 fully saturated rings. The molecule has 0 unspecified atom stereocenters. The fraction of sp³-hybridized carbons (Fsp3) is 0.235. The summed E-state index contributed by atoms with van der Waals surface area (Å²) in [6.07, 6.45) is 0. The molecule has 2 aromatic carbocycles. The van der Waals surface area contributed by atoms with Gasteiger partial charge < -0.3 is 14.8 Å². The molecule has 1 N–H and O–H groups in total. The van der Waals surface area contributed by atoms with E-state index < -0.39 is 0 Å². The fourth-order valence-electron chi connectivity index (χ4n) is 2.22. The first-order valence-electron chi connectivity index (χ1n) is 7.29. The van der Waals surface area contributed by atoms with Crippen molar-refractivity contribution in [3.63, 3.8) is 0 Å². The van der Waals surface area contributed by atoms with Gasteiger partial charge in [-0.3, -0.25) is 4.79 Å². The van der Waals surface area contributed by atoms with E-state index in [9.17, 15) is 4.79 Å². The van der Waals surface area contributed by atoms with E-state index in [1.165, 1.54) is 11.8 Å². The van der Waals surface area contributed by atoms with Gasteiger partial charge in [0, 0.05) is 22.3 Å². The zero-order valence-corrected chi connectivity index (χ0v) is 15.0. The van der Waals surface area contributed by atoms with Gasteiger partial charge in [0.05, 0.1) is 5.75 Å². The number of thioether (sulfide) groups is 1. The Balaban J connectivity index is 1.45. The molecule has 0 atom stereocenters. The highest BCUT2D eigenvalue weighted by molar-refractivity contribution is 7.99. The van der Waals surface area contributed by atoms with Gasteiger partial charge in [-0.05, 0) is 35.4 Å². The van der Waals surface area contributed by atoms with Crippen molar-refractivity contribution in [1.82, 2.24) is 5.32 Å². The van der Waals surface area contributed by atoms with Gasteiger partial charge in [-0.1, -0.05) is 35.3 Å². The van der Waals surface area contributed by atoms with Crippen molar-refractivity contribution in [2.45, 2.75) is 12.3 Å². The second kappa shape index (κ2) is 8.01. The average molecular weight is 384 g/mol. The fourth-order valence-corrected chi connectivity index (χ4v) is 3.81. The lowest BCUT2D eigenvalue weighted by molar-refractivity contribution is -0.118. The van der Waals surface area contributed by atoms with Crippen molar-refractivity contribution in [1.29, 1.82) is 0 Å². The van der Waals surface area contributed by atoms with Crippen molar-refractivity contribution in [2.75, 3.05) is 12.5 Å². The lowest BCUT2D eigenvalue weighted by atomic mass is 10.2. The molecule has 0 saturated heterocycles. The number of amides is 1. The molecule has 24 heavy (non-hydrogen) atoms. The molecular weight excluding hydrogens is 369 g/mol. The van der Waals surface area contributed by atoms with Crippen LogP contribution in [0.5, 0.6) is 11.5 Å². The number of nitrogens with one attached hydrogen (secondary N) is 1. The van der Waals surface area contributed by atoms with Crippen LogP contribution in [0.25, 0.3) is 0 Å². The van der Waals surface area contributed by atoms with Gasteiger partial charge in [0.1, 0.15) is 0 Å². The van der Waals surface area contributed by atoms with Crippen LogP contribution in [0.4, 0.5) is 0 Å². The number of carbonyl (C=O) groups excluding carboxylic acids is 1. The van der Waals surface area contributed by atoms with Crippen LogP contribution in [0, 0.1) is 0 Å². The van der Waals surface area contributed by atoms with Crippen LogP contribution in [-0.4, -0.2) is 18.5 Å². The first-order valence-corrected chi connectivity index (χ1v) is 9.20. The highest BCUT2D eigenvalue weighted by Gasteiger charge is 2.13. The molecule has 1 aliphatic heterocycles. The van der Waals surface area contributed by atoms with Gasteiger partial charge in [0.25, 0.3) is 0 Å². The van der Waals surface area contributed by atoms with Crippen LogP contribution >= 0.6 is 35.0 Å². The molecule has 2 aromatic rings. The summed E-state index contributed by atoms with van der Waals surface area (Å²) in [6.45, 7) is 0.690. The molecule has 0 bridgehead atoms. The minimum atomic E-state index is -0.0409. The van der Waals surface area contributed by atoms with Crippen LogP contribution < -0.4 is 14.8 Å². The molecule has 4 nitrogen and oxygen atoms in total. The Labute approximate surface area is 154 Å². The number of carbonyl (C=O) groups is 1. The van der Waals surface area contributed by atoms with Crippen molar-refractivity contribution in [2.24, 2.45) is 0 Å². The number of halogens is 2. The highest BCUT2D eigenvalue weighted by atomic mass is 35.5. The first-order chi connectivity index (χ1) is 11.6. The minimum Gasteiger partial charge on any atom is -0.454 e. The molecule has 3 rings (SSSR count). The Morgan fingerprint density at radius 2 is 1.88 bits per heavy atom. The smallest absolute Gasteiger partial charge is 0.231 e. The second-order valence-electron chi connectivity index (χ2n) is 5.16. The molecule has 0 spiro atoms. The number of hydrogen-bond donors (Lipinski definition) is 1. The monoisotopic (exact) mass is 383 g/mol. The molecule has 1 aliphatic rings. The molecule has 126 valence electrons. The third kappa shape index (κ3) is 4.29. The van der Waals surface area contributed by atoms with Crippen LogP contribution in [0.3, 0.4) is 0 Å². The number of rotatable bonds is 6. The summed E-state index contributed by atoms with van der Waals surface area (Å²) in [6, 6.07) is 11.0. The Bertz CT molecular complexity index is 734. The van der Waals surface area contributed by atoms with E-state index in [1.54, 1.807) is 18.2 Å². The maximum atomic E-state index is 12.0. The van der Waals surface area contributed by atoms with E-state index in [0.717, 1.165) is 16.9 Å². The van der Waals surface area contributed by atoms with Crippen LogP contribution in [0.1, 0.15) is 11.1 Å². The first kappa shape index (κ1) is 17.3. The van der Waals surface area contributed by atoms with Crippen molar-refractivity contribution in [3.05, 3.63) is 57.6 Å². The zero-order chi connectivity index (χ0) is 16.9. The maximum Gasteiger partial charge on any atom is 0.231 e. The molecule has 1 amide bonds. The number of ether oxygens (including phenoxy) is 2. The van der Waals surface area contributed by atoms with Crippen molar-refractivity contribution >= 4 is 40.9 Å². The topological polar surface area (TPSA) is 47.6 Å². The van der Waals surface area contributed by atoms with Gasteiger partial charge in [-0.25, -0.2) is 0 Å².